The lowest BCUT2D eigenvalue weighted by Gasteiger charge is -2.24. The lowest BCUT2D eigenvalue weighted by molar-refractivity contribution is -0.153. The van der Waals surface area contributed by atoms with Crippen molar-refractivity contribution in [1.29, 1.82) is 0 Å². The molecule has 118 valence electrons. The maximum Gasteiger partial charge on any atom is 0.325 e. The SMILES string of the molecule is COC(=O)[C@H](Cc1c(C)cc(O)cc1C)NOC(C)(C)C. The average molecular weight is 295 g/mol. The minimum Gasteiger partial charge on any atom is -0.508 e. The number of aromatic hydroxyl groups is 1. The van der Waals surface area contributed by atoms with Crippen LogP contribution in [0.15, 0.2) is 12.1 Å². The first kappa shape index (κ1) is 17.5. The van der Waals surface area contributed by atoms with Crippen molar-refractivity contribution in [3.63, 3.8) is 0 Å². The van der Waals surface area contributed by atoms with Gasteiger partial charge in [-0.3, -0.25) is 9.63 Å². The van der Waals surface area contributed by atoms with Crippen LogP contribution in [0.3, 0.4) is 0 Å². The van der Waals surface area contributed by atoms with E-state index in [-0.39, 0.29) is 11.7 Å². The van der Waals surface area contributed by atoms with E-state index in [4.69, 9.17) is 9.57 Å². The molecule has 5 heteroatoms. The largest absolute Gasteiger partial charge is 0.508 e. The predicted octanol–water partition coefficient (Wildman–Crippen LogP) is 2.41. The van der Waals surface area contributed by atoms with E-state index < -0.39 is 11.6 Å². The Hall–Kier alpha value is -1.59. The molecule has 0 heterocycles. The third-order valence-corrected chi connectivity index (χ3v) is 3.08. The molecule has 0 aliphatic heterocycles. The lowest BCUT2D eigenvalue weighted by atomic mass is 9.96. The first-order valence-corrected chi connectivity index (χ1v) is 6.94. The molecule has 1 aromatic carbocycles. The van der Waals surface area contributed by atoms with Crippen LogP contribution in [0.5, 0.6) is 5.75 Å². The van der Waals surface area contributed by atoms with E-state index in [0.29, 0.717) is 6.42 Å². The first-order valence-electron chi connectivity index (χ1n) is 6.94. The molecule has 1 rings (SSSR count). The van der Waals surface area contributed by atoms with Crippen molar-refractivity contribution in [2.45, 2.75) is 52.7 Å². The standard InChI is InChI=1S/C16H25NO4/c1-10-7-12(18)8-11(2)13(10)9-14(15(19)20-6)17-21-16(3,4)5/h7-8,14,17-18H,9H2,1-6H3/t14-/m0/s1. The second-order valence-corrected chi connectivity index (χ2v) is 6.17. The van der Waals surface area contributed by atoms with Crippen molar-refractivity contribution in [1.82, 2.24) is 5.48 Å². The van der Waals surface area contributed by atoms with Gasteiger partial charge in [-0.2, -0.15) is 5.48 Å². The van der Waals surface area contributed by atoms with Crippen LogP contribution >= 0.6 is 0 Å². The number of nitrogens with one attached hydrogen (secondary N) is 1. The zero-order valence-electron chi connectivity index (χ0n) is 13.6. The second kappa shape index (κ2) is 6.91. The highest BCUT2D eigenvalue weighted by Gasteiger charge is 2.24. The number of phenolic OH excluding ortho intramolecular Hbond substituents is 1. The number of esters is 1. The molecule has 0 aromatic heterocycles. The predicted molar refractivity (Wildman–Crippen MR) is 81.1 cm³/mol. The summed E-state index contributed by atoms with van der Waals surface area (Å²) < 4.78 is 4.82. The van der Waals surface area contributed by atoms with Gasteiger partial charge in [-0.1, -0.05) is 0 Å². The third-order valence-electron chi connectivity index (χ3n) is 3.08. The molecule has 5 nitrogen and oxygen atoms in total. The van der Waals surface area contributed by atoms with Crippen molar-refractivity contribution in [2.24, 2.45) is 0 Å². The number of aryl methyl sites for hydroxylation is 2. The topological polar surface area (TPSA) is 67.8 Å². The average Bonchev–Trinajstić information content (AvgIpc) is 2.34. The first-order chi connectivity index (χ1) is 9.64. The van der Waals surface area contributed by atoms with Crippen LogP contribution in [-0.2, 0) is 20.8 Å². The van der Waals surface area contributed by atoms with Gasteiger partial charge >= 0.3 is 5.97 Å². The fraction of sp³-hybridized carbons (Fsp3) is 0.562. The monoisotopic (exact) mass is 295 g/mol. The Bertz CT molecular complexity index is 482. The zero-order chi connectivity index (χ0) is 16.2. The molecule has 1 atom stereocenters. The molecule has 21 heavy (non-hydrogen) atoms. The van der Waals surface area contributed by atoms with E-state index in [1.165, 1.54) is 7.11 Å². The van der Waals surface area contributed by atoms with Gasteiger partial charge < -0.3 is 9.84 Å². The van der Waals surface area contributed by atoms with E-state index >= 15 is 0 Å². The number of benzene rings is 1. The fourth-order valence-corrected chi connectivity index (χ4v) is 2.06. The van der Waals surface area contributed by atoms with E-state index in [1.807, 2.05) is 34.6 Å². The fourth-order valence-electron chi connectivity index (χ4n) is 2.06. The van der Waals surface area contributed by atoms with Crippen LogP contribution in [0.25, 0.3) is 0 Å². The normalized spacial score (nSPS) is 13.0. The Labute approximate surface area is 126 Å². The van der Waals surface area contributed by atoms with Crippen LogP contribution in [0.1, 0.15) is 37.5 Å². The lowest BCUT2D eigenvalue weighted by Crippen LogP contribution is -2.43. The highest BCUT2D eigenvalue weighted by Crippen LogP contribution is 2.22. The summed E-state index contributed by atoms with van der Waals surface area (Å²) in [6.45, 7) is 9.49. The number of hydroxylamine groups is 1. The Morgan fingerprint density at radius 2 is 1.81 bits per heavy atom. The summed E-state index contributed by atoms with van der Waals surface area (Å²) in [6, 6.07) is 2.76. The van der Waals surface area contributed by atoms with E-state index in [9.17, 15) is 9.90 Å². The van der Waals surface area contributed by atoms with Crippen LogP contribution in [0.4, 0.5) is 0 Å². The van der Waals surface area contributed by atoms with Gasteiger partial charge in [0.15, 0.2) is 0 Å². The Kier molecular flexibility index (Phi) is 5.75. The molecule has 1 aromatic rings. The molecule has 0 saturated carbocycles. The Morgan fingerprint density at radius 3 is 2.24 bits per heavy atom. The molecule has 0 fully saturated rings. The molecular weight excluding hydrogens is 270 g/mol. The Morgan fingerprint density at radius 1 is 1.29 bits per heavy atom. The summed E-state index contributed by atoms with van der Waals surface area (Å²) in [6.07, 6.45) is 0.431. The van der Waals surface area contributed by atoms with Crippen molar-refractivity contribution in [3.8, 4) is 5.75 Å². The summed E-state index contributed by atoms with van der Waals surface area (Å²) in [5.41, 5.74) is 5.23. The molecule has 0 amide bonds. The van der Waals surface area contributed by atoms with Gasteiger partial charge in [0.05, 0.1) is 12.7 Å². The van der Waals surface area contributed by atoms with Crippen LogP contribution in [-0.4, -0.2) is 29.8 Å². The van der Waals surface area contributed by atoms with Crippen molar-refractivity contribution >= 4 is 5.97 Å². The third kappa shape index (κ3) is 5.36. The van der Waals surface area contributed by atoms with E-state index in [2.05, 4.69) is 5.48 Å². The number of hydrogen-bond donors (Lipinski definition) is 2. The van der Waals surface area contributed by atoms with Crippen LogP contribution in [0.2, 0.25) is 0 Å². The van der Waals surface area contributed by atoms with Gasteiger partial charge in [-0.05, 0) is 63.4 Å². The number of hydrogen-bond acceptors (Lipinski definition) is 5. The maximum absolute atomic E-state index is 11.9. The molecular formula is C16H25NO4. The van der Waals surface area contributed by atoms with Gasteiger partial charge in [0, 0.05) is 6.42 Å². The van der Waals surface area contributed by atoms with E-state index in [1.54, 1.807) is 12.1 Å². The molecule has 0 radical (unpaired) electrons. The molecule has 0 saturated heterocycles. The quantitative estimate of drug-likeness (QED) is 0.645. The van der Waals surface area contributed by atoms with Crippen LogP contribution in [0, 0.1) is 13.8 Å². The molecule has 0 aliphatic carbocycles. The van der Waals surface area contributed by atoms with Crippen molar-refractivity contribution < 1.29 is 19.5 Å². The summed E-state index contributed by atoms with van der Waals surface area (Å²) >= 11 is 0. The summed E-state index contributed by atoms with van der Waals surface area (Å²) in [5, 5.41) is 9.59. The van der Waals surface area contributed by atoms with Crippen LogP contribution < -0.4 is 5.48 Å². The number of methoxy groups -OCH3 is 1. The van der Waals surface area contributed by atoms with Crippen molar-refractivity contribution in [2.75, 3.05) is 7.11 Å². The second-order valence-electron chi connectivity index (χ2n) is 6.17. The molecule has 0 unspecified atom stereocenters. The molecule has 2 N–H and O–H groups in total. The number of phenols is 1. The minimum absolute atomic E-state index is 0.224. The highest BCUT2D eigenvalue weighted by atomic mass is 16.7. The molecule has 0 spiro atoms. The van der Waals surface area contributed by atoms with E-state index in [0.717, 1.165) is 16.7 Å². The number of rotatable bonds is 5. The molecule has 0 aliphatic rings. The van der Waals surface area contributed by atoms with Gasteiger partial charge in [0.25, 0.3) is 0 Å². The smallest absolute Gasteiger partial charge is 0.325 e. The zero-order valence-corrected chi connectivity index (χ0v) is 13.6. The summed E-state index contributed by atoms with van der Waals surface area (Å²) in [4.78, 5) is 17.4. The van der Waals surface area contributed by atoms with Gasteiger partial charge in [-0.25, -0.2) is 0 Å². The van der Waals surface area contributed by atoms with Gasteiger partial charge in [0.1, 0.15) is 11.8 Å². The highest BCUT2D eigenvalue weighted by molar-refractivity contribution is 5.76. The molecule has 0 bridgehead atoms. The summed E-state index contributed by atoms with van der Waals surface area (Å²) in [7, 11) is 1.35. The maximum atomic E-state index is 11.9. The number of carbonyl (C=O) groups excluding carboxylic acids is 1. The van der Waals surface area contributed by atoms with Crippen molar-refractivity contribution in [3.05, 3.63) is 28.8 Å². The number of carbonyl (C=O) groups is 1. The van der Waals surface area contributed by atoms with Gasteiger partial charge in [-0.15, -0.1) is 0 Å². The van der Waals surface area contributed by atoms with Gasteiger partial charge in [0.2, 0.25) is 0 Å². The number of ether oxygens (including phenoxy) is 1. The summed E-state index contributed by atoms with van der Waals surface area (Å²) in [5.74, 6) is -0.159. The Balaban J connectivity index is 2.94. The minimum atomic E-state index is -0.601.